The highest BCUT2D eigenvalue weighted by atomic mass is 16.5. The van der Waals surface area contributed by atoms with Gasteiger partial charge in [0, 0.05) is 12.6 Å². The third-order valence-corrected chi connectivity index (χ3v) is 2.93. The zero-order valence-corrected chi connectivity index (χ0v) is 10.3. The normalized spacial score (nSPS) is 25.0. The summed E-state index contributed by atoms with van der Waals surface area (Å²) in [5.41, 5.74) is -1.50. The van der Waals surface area contributed by atoms with E-state index in [1.807, 2.05) is 0 Å². The molecule has 8 nitrogen and oxygen atoms in total. The van der Waals surface area contributed by atoms with Crippen LogP contribution in [0.4, 0.5) is 0 Å². The van der Waals surface area contributed by atoms with Gasteiger partial charge in [0.25, 0.3) is 5.56 Å². The van der Waals surface area contributed by atoms with Crippen molar-refractivity contribution in [2.75, 3.05) is 6.61 Å². The Labute approximate surface area is 112 Å². The van der Waals surface area contributed by atoms with Crippen LogP contribution in [0, 0.1) is 11.8 Å². The third-order valence-electron chi connectivity index (χ3n) is 2.93. The number of hydrogen-bond acceptors (Lipinski definition) is 6. The Morgan fingerprint density at radius 3 is 2.90 bits per heavy atom. The second-order valence-electron chi connectivity index (χ2n) is 4.21. The predicted molar refractivity (Wildman–Crippen MR) is 65.9 cm³/mol. The van der Waals surface area contributed by atoms with Crippen molar-refractivity contribution in [3.63, 3.8) is 0 Å². The lowest BCUT2D eigenvalue weighted by Gasteiger charge is -2.14. The SMILES string of the molecule is O=CC#Cc1cn([C@H]2C[C@H](O)[C@@H](CO)O2)c(=O)[nH]c1=O. The number of ether oxygens (including phenoxy) is 1. The first-order valence-corrected chi connectivity index (χ1v) is 5.82. The van der Waals surface area contributed by atoms with Gasteiger partial charge in [-0.05, 0) is 5.92 Å². The Morgan fingerprint density at radius 1 is 1.55 bits per heavy atom. The molecule has 2 heterocycles. The highest BCUT2D eigenvalue weighted by molar-refractivity contribution is 5.73. The summed E-state index contributed by atoms with van der Waals surface area (Å²) >= 11 is 0. The number of carbonyl (C=O) groups excluding carboxylic acids is 1. The number of carbonyl (C=O) groups is 1. The van der Waals surface area contributed by atoms with Gasteiger partial charge in [0.15, 0.2) is 6.29 Å². The molecule has 0 aromatic carbocycles. The van der Waals surface area contributed by atoms with E-state index in [0.717, 1.165) is 10.8 Å². The van der Waals surface area contributed by atoms with Gasteiger partial charge >= 0.3 is 5.69 Å². The quantitative estimate of drug-likeness (QED) is 0.415. The average Bonchev–Trinajstić information content (AvgIpc) is 2.79. The van der Waals surface area contributed by atoms with Crippen molar-refractivity contribution in [2.24, 2.45) is 0 Å². The zero-order chi connectivity index (χ0) is 14.7. The van der Waals surface area contributed by atoms with E-state index >= 15 is 0 Å². The first-order chi connectivity index (χ1) is 9.56. The number of nitrogens with one attached hydrogen (secondary N) is 1. The van der Waals surface area contributed by atoms with Crippen molar-refractivity contribution in [3.8, 4) is 11.8 Å². The van der Waals surface area contributed by atoms with Gasteiger partial charge in [-0.2, -0.15) is 0 Å². The summed E-state index contributed by atoms with van der Waals surface area (Å²) in [5, 5.41) is 18.6. The monoisotopic (exact) mass is 280 g/mol. The number of nitrogens with zero attached hydrogens (tertiary/aromatic N) is 1. The fourth-order valence-corrected chi connectivity index (χ4v) is 1.95. The lowest BCUT2D eigenvalue weighted by atomic mass is 10.2. The molecule has 1 aliphatic rings. The summed E-state index contributed by atoms with van der Waals surface area (Å²) < 4.78 is 6.38. The van der Waals surface area contributed by atoms with Crippen LogP contribution in [0.25, 0.3) is 0 Å². The minimum atomic E-state index is -0.909. The molecule has 8 heteroatoms. The topological polar surface area (TPSA) is 122 Å². The van der Waals surface area contributed by atoms with Gasteiger partial charge in [-0.1, -0.05) is 5.92 Å². The van der Waals surface area contributed by atoms with E-state index in [-0.39, 0.29) is 18.6 Å². The van der Waals surface area contributed by atoms with E-state index in [1.165, 1.54) is 0 Å². The van der Waals surface area contributed by atoms with Crippen LogP contribution in [0.2, 0.25) is 0 Å². The lowest BCUT2D eigenvalue weighted by Crippen LogP contribution is -2.33. The summed E-state index contributed by atoms with van der Waals surface area (Å²) in [4.78, 5) is 35.4. The molecule has 0 radical (unpaired) electrons. The Kier molecular flexibility index (Phi) is 4.14. The van der Waals surface area contributed by atoms with Crippen molar-refractivity contribution in [2.45, 2.75) is 24.9 Å². The molecule has 0 spiro atoms. The standard InChI is InChI=1S/C12H12N2O6/c15-3-1-2-7-5-14(12(19)13-11(7)18)10-4-8(17)9(6-16)20-10/h3,5,8-10,16-17H,4,6H2,(H,13,18,19)/t8-,9+,10+/m0/s1. The molecule has 0 amide bonds. The number of H-pyrrole nitrogens is 1. The molecule has 20 heavy (non-hydrogen) atoms. The van der Waals surface area contributed by atoms with E-state index in [9.17, 15) is 19.5 Å². The van der Waals surface area contributed by atoms with Crippen molar-refractivity contribution in [3.05, 3.63) is 32.6 Å². The maximum absolute atomic E-state index is 11.7. The van der Waals surface area contributed by atoms with E-state index in [2.05, 4.69) is 16.8 Å². The number of aromatic amines is 1. The predicted octanol–water partition coefficient (Wildman–Crippen LogP) is -2.27. The molecule has 106 valence electrons. The van der Waals surface area contributed by atoms with Crippen molar-refractivity contribution >= 4 is 6.29 Å². The van der Waals surface area contributed by atoms with Gasteiger partial charge in [-0.15, -0.1) is 0 Å². The number of rotatable bonds is 2. The van der Waals surface area contributed by atoms with Crippen molar-refractivity contribution in [1.29, 1.82) is 0 Å². The number of aldehydes is 1. The molecular formula is C12H12N2O6. The summed E-state index contributed by atoms with van der Waals surface area (Å²) in [6.07, 6.45) is -0.932. The maximum Gasteiger partial charge on any atom is 0.330 e. The number of aromatic nitrogens is 2. The van der Waals surface area contributed by atoms with E-state index in [4.69, 9.17) is 9.84 Å². The fraction of sp³-hybridized carbons (Fsp3) is 0.417. The molecule has 0 unspecified atom stereocenters. The second kappa shape index (κ2) is 5.83. The molecule has 1 aromatic heterocycles. The van der Waals surface area contributed by atoms with Crippen LogP contribution in [-0.4, -0.2) is 44.9 Å². The second-order valence-corrected chi connectivity index (χ2v) is 4.21. The molecular weight excluding hydrogens is 268 g/mol. The van der Waals surface area contributed by atoms with Gasteiger partial charge in [-0.25, -0.2) is 4.79 Å². The minimum Gasteiger partial charge on any atom is -0.394 e. The first kappa shape index (κ1) is 14.2. The van der Waals surface area contributed by atoms with Gasteiger partial charge in [0.2, 0.25) is 0 Å². The van der Waals surface area contributed by atoms with E-state index in [1.54, 1.807) is 0 Å². The average molecular weight is 280 g/mol. The van der Waals surface area contributed by atoms with Crippen LogP contribution in [0.15, 0.2) is 15.8 Å². The Hall–Kier alpha value is -2.21. The molecule has 1 saturated heterocycles. The molecule has 3 atom stereocenters. The molecule has 0 saturated carbocycles. The smallest absolute Gasteiger partial charge is 0.330 e. The Bertz CT molecular complexity index is 680. The summed E-state index contributed by atoms with van der Waals surface area (Å²) in [5.74, 6) is 4.38. The van der Waals surface area contributed by atoms with Crippen LogP contribution in [0.5, 0.6) is 0 Å². The maximum atomic E-state index is 11.7. The number of aliphatic hydroxyl groups excluding tert-OH is 2. The van der Waals surface area contributed by atoms with E-state index in [0.29, 0.717) is 6.29 Å². The summed E-state index contributed by atoms with van der Waals surface area (Å²) in [6.45, 7) is -0.381. The highest BCUT2D eigenvalue weighted by Crippen LogP contribution is 2.27. The van der Waals surface area contributed by atoms with Crippen LogP contribution in [0.3, 0.4) is 0 Å². The number of hydrogen-bond donors (Lipinski definition) is 3. The minimum absolute atomic E-state index is 0.0674. The van der Waals surface area contributed by atoms with Gasteiger partial charge in [-0.3, -0.25) is 19.1 Å². The van der Waals surface area contributed by atoms with Crippen molar-refractivity contribution in [1.82, 2.24) is 9.55 Å². The van der Waals surface area contributed by atoms with E-state index < -0.39 is 29.7 Å². The molecule has 2 rings (SSSR count). The number of aliphatic hydroxyl groups is 2. The third kappa shape index (κ3) is 2.70. The Balaban J connectivity index is 2.40. The molecule has 0 aliphatic carbocycles. The molecule has 1 aliphatic heterocycles. The summed E-state index contributed by atoms with van der Waals surface area (Å²) in [7, 11) is 0. The van der Waals surface area contributed by atoms with Crippen LogP contribution in [0.1, 0.15) is 18.2 Å². The first-order valence-electron chi connectivity index (χ1n) is 5.82. The largest absolute Gasteiger partial charge is 0.394 e. The molecule has 1 aromatic rings. The molecule has 0 bridgehead atoms. The van der Waals surface area contributed by atoms with Gasteiger partial charge in [0.05, 0.1) is 12.7 Å². The van der Waals surface area contributed by atoms with Crippen LogP contribution in [-0.2, 0) is 9.53 Å². The molecule has 1 fully saturated rings. The van der Waals surface area contributed by atoms with Crippen LogP contribution < -0.4 is 11.2 Å². The highest BCUT2D eigenvalue weighted by Gasteiger charge is 2.35. The lowest BCUT2D eigenvalue weighted by molar-refractivity contribution is -0.103. The van der Waals surface area contributed by atoms with Gasteiger partial charge < -0.3 is 14.9 Å². The zero-order valence-electron chi connectivity index (χ0n) is 10.3. The Morgan fingerprint density at radius 2 is 2.30 bits per heavy atom. The van der Waals surface area contributed by atoms with Crippen LogP contribution >= 0.6 is 0 Å². The van der Waals surface area contributed by atoms with Gasteiger partial charge in [0.1, 0.15) is 17.9 Å². The molecule has 3 N–H and O–H groups in total. The summed E-state index contributed by atoms with van der Waals surface area (Å²) in [6, 6.07) is 0. The van der Waals surface area contributed by atoms with Crippen molar-refractivity contribution < 1.29 is 19.7 Å². The fourth-order valence-electron chi connectivity index (χ4n) is 1.95.